The fourth-order valence-electron chi connectivity index (χ4n) is 0.318. The van der Waals surface area contributed by atoms with Crippen molar-refractivity contribution in [2.75, 3.05) is 13.7 Å². The molecule has 0 aliphatic carbocycles. The number of nitrogens with one attached hydrogen (secondary N) is 1. The van der Waals surface area contributed by atoms with Crippen molar-refractivity contribution >= 4 is 7.75 Å². The summed E-state index contributed by atoms with van der Waals surface area (Å²) in [5.41, 5.74) is 0. The van der Waals surface area contributed by atoms with Crippen molar-refractivity contribution in [2.24, 2.45) is 0 Å². The van der Waals surface area contributed by atoms with E-state index in [1.54, 1.807) is 0 Å². The van der Waals surface area contributed by atoms with E-state index in [0.717, 1.165) is 6.42 Å². The fourth-order valence-corrected chi connectivity index (χ4v) is 0.953. The molecule has 0 rings (SSSR count). The van der Waals surface area contributed by atoms with Gasteiger partial charge in [-0.05, 0) is 6.42 Å². The molecule has 0 saturated carbocycles. The first-order valence-corrected chi connectivity index (χ1v) is 4.34. The molecule has 4 nitrogen and oxygen atoms in total. The van der Waals surface area contributed by atoms with Gasteiger partial charge in [0.15, 0.2) is 0 Å². The summed E-state index contributed by atoms with van der Waals surface area (Å²) >= 11 is 0. The Morgan fingerprint density at radius 1 is 1.78 bits per heavy atom. The van der Waals surface area contributed by atoms with Crippen LogP contribution in [0.25, 0.3) is 0 Å². The summed E-state index contributed by atoms with van der Waals surface area (Å²) in [6, 6.07) is 0. The Kier molecular flexibility index (Phi) is 4.06. The molecule has 0 fully saturated rings. The fraction of sp³-hybridized carbons (Fsp3) is 1.00. The monoisotopic (exact) mass is 153 g/mol. The van der Waals surface area contributed by atoms with Crippen LogP contribution in [0.1, 0.15) is 13.3 Å². The van der Waals surface area contributed by atoms with Gasteiger partial charge in [-0.2, -0.15) is 0 Å². The molecule has 0 aromatic rings. The summed E-state index contributed by atoms with van der Waals surface area (Å²) in [4.78, 5) is 8.68. The molecule has 1 unspecified atom stereocenters. The zero-order chi connectivity index (χ0) is 7.33. The molecule has 0 aliphatic rings. The molecular weight excluding hydrogens is 141 g/mol. The standard InChI is InChI=1S/C4H12NO3P/c1-3-4-5-9(6,7)8-2/h3-4H2,1-2H3,(H2,5,6,7). The number of rotatable bonds is 4. The zero-order valence-corrected chi connectivity index (χ0v) is 6.52. The summed E-state index contributed by atoms with van der Waals surface area (Å²) in [7, 11) is -2.24. The van der Waals surface area contributed by atoms with Crippen molar-refractivity contribution in [2.45, 2.75) is 13.3 Å². The average molecular weight is 153 g/mol. The van der Waals surface area contributed by atoms with Gasteiger partial charge in [0.2, 0.25) is 0 Å². The average Bonchev–Trinajstić information content (AvgIpc) is 1.84. The Balaban J connectivity index is 3.46. The summed E-state index contributed by atoms with van der Waals surface area (Å²) < 4.78 is 14.8. The van der Waals surface area contributed by atoms with Crippen molar-refractivity contribution in [3.8, 4) is 0 Å². The van der Waals surface area contributed by atoms with E-state index < -0.39 is 7.75 Å². The van der Waals surface area contributed by atoms with Crippen LogP contribution < -0.4 is 5.09 Å². The lowest BCUT2D eigenvalue weighted by molar-refractivity contribution is 0.303. The summed E-state index contributed by atoms with van der Waals surface area (Å²) in [5.74, 6) is 0. The normalized spacial score (nSPS) is 17.2. The van der Waals surface area contributed by atoms with E-state index in [2.05, 4.69) is 9.61 Å². The van der Waals surface area contributed by atoms with Crippen LogP contribution in [0.3, 0.4) is 0 Å². The first-order chi connectivity index (χ1) is 4.12. The molecule has 56 valence electrons. The van der Waals surface area contributed by atoms with Gasteiger partial charge in [-0.3, -0.25) is 0 Å². The van der Waals surface area contributed by atoms with E-state index >= 15 is 0 Å². The van der Waals surface area contributed by atoms with Gasteiger partial charge in [0.05, 0.1) is 0 Å². The maximum Gasteiger partial charge on any atom is 0.402 e. The lowest BCUT2D eigenvalue weighted by Gasteiger charge is -2.07. The zero-order valence-electron chi connectivity index (χ0n) is 5.63. The molecule has 0 aliphatic heterocycles. The molecule has 0 aromatic carbocycles. The van der Waals surface area contributed by atoms with Gasteiger partial charge in [0.1, 0.15) is 0 Å². The van der Waals surface area contributed by atoms with Crippen LogP contribution in [0.15, 0.2) is 0 Å². The Morgan fingerprint density at radius 2 is 2.33 bits per heavy atom. The van der Waals surface area contributed by atoms with Crippen LogP contribution in [-0.2, 0) is 9.09 Å². The third-order valence-electron chi connectivity index (χ3n) is 0.809. The Bertz CT molecular complexity index is 116. The van der Waals surface area contributed by atoms with Crippen LogP contribution in [0.2, 0.25) is 0 Å². The van der Waals surface area contributed by atoms with E-state index in [1.165, 1.54) is 7.11 Å². The lowest BCUT2D eigenvalue weighted by atomic mass is 10.5. The van der Waals surface area contributed by atoms with Gasteiger partial charge in [-0.15, -0.1) is 0 Å². The molecule has 0 heterocycles. The maximum absolute atomic E-state index is 10.6. The molecular formula is C4H12NO3P. The van der Waals surface area contributed by atoms with E-state index in [-0.39, 0.29) is 0 Å². The highest BCUT2D eigenvalue weighted by Gasteiger charge is 2.13. The molecule has 0 spiro atoms. The molecule has 0 saturated heterocycles. The van der Waals surface area contributed by atoms with Gasteiger partial charge in [0, 0.05) is 13.7 Å². The Labute approximate surface area is 54.8 Å². The molecule has 1 atom stereocenters. The maximum atomic E-state index is 10.6. The van der Waals surface area contributed by atoms with Gasteiger partial charge < -0.3 is 9.42 Å². The van der Waals surface area contributed by atoms with Crippen molar-refractivity contribution in [1.29, 1.82) is 0 Å². The van der Waals surface area contributed by atoms with E-state index in [9.17, 15) is 4.57 Å². The second-order valence-electron chi connectivity index (χ2n) is 1.61. The van der Waals surface area contributed by atoms with Gasteiger partial charge in [-0.1, -0.05) is 6.92 Å². The van der Waals surface area contributed by atoms with Crippen LogP contribution >= 0.6 is 7.75 Å². The second-order valence-corrected chi connectivity index (χ2v) is 3.33. The predicted molar refractivity (Wildman–Crippen MR) is 35.1 cm³/mol. The molecule has 9 heavy (non-hydrogen) atoms. The second kappa shape index (κ2) is 4.01. The highest BCUT2D eigenvalue weighted by Crippen LogP contribution is 2.34. The molecule has 5 heteroatoms. The van der Waals surface area contributed by atoms with Crippen LogP contribution in [0.4, 0.5) is 0 Å². The third-order valence-corrected chi connectivity index (χ3v) is 1.93. The van der Waals surface area contributed by atoms with Gasteiger partial charge >= 0.3 is 7.75 Å². The highest BCUT2D eigenvalue weighted by molar-refractivity contribution is 7.50. The van der Waals surface area contributed by atoms with Crippen molar-refractivity contribution in [3.05, 3.63) is 0 Å². The van der Waals surface area contributed by atoms with Crippen molar-refractivity contribution in [1.82, 2.24) is 5.09 Å². The molecule has 0 bridgehead atoms. The largest absolute Gasteiger partial charge is 0.402 e. The summed E-state index contributed by atoms with van der Waals surface area (Å²) in [5, 5.41) is 2.35. The van der Waals surface area contributed by atoms with Crippen molar-refractivity contribution in [3.63, 3.8) is 0 Å². The number of hydrogen-bond donors (Lipinski definition) is 2. The van der Waals surface area contributed by atoms with Crippen molar-refractivity contribution < 1.29 is 14.0 Å². The molecule has 2 N–H and O–H groups in total. The van der Waals surface area contributed by atoms with Crippen LogP contribution in [0, 0.1) is 0 Å². The Morgan fingerprint density at radius 3 is 2.67 bits per heavy atom. The predicted octanol–water partition coefficient (Wildman–Crippen LogP) is 0.733. The lowest BCUT2D eigenvalue weighted by Crippen LogP contribution is -2.11. The van der Waals surface area contributed by atoms with E-state index in [1.807, 2.05) is 6.92 Å². The summed E-state index contributed by atoms with van der Waals surface area (Å²) in [6.45, 7) is 2.41. The highest BCUT2D eigenvalue weighted by atomic mass is 31.2. The first kappa shape index (κ1) is 9.11. The minimum Gasteiger partial charge on any atom is -0.312 e. The first-order valence-electron chi connectivity index (χ1n) is 2.76. The minimum absolute atomic E-state index is 0.502. The van der Waals surface area contributed by atoms with Crippen LogP contribution in [0.5, 0.6) is 0 Å². The van der Waals surface area contributed by atoms with Gasteiger partial charge in [-0.25, -0.2) is 9.65 Å². The SMILES string of the molecule is CCCNP(=O)(O)OC. The molecule has 0 amide bonds. The number of hydrogen-bond acceptors (Lipinski definition) is 2. The summed E-state index contributed by atoms with van der Waals surface area (Å²) in [6.07, 6.45) is 0.813. The Hall–Kier alpha value is 0.110. The minimum atomic E-state index is -3.44. The smallest absolute Gasteiger partial charge is 0.312 e. The van der Waals surface area contributed by atoms with Crippen LogP contribution in [-0.4, -0.2) is 18.5 Å². The van der Waals surface area contributed by atoms with E-state index in [0.29, 0.717) is 6.54 Å². The molecule has 0 aromatic heterocycles. The third kappa shape index (κ3) is 4.60. The topological polar surface area (TPSA) is 58.6 Å². The van der Waals surface area contributed by atoms with Gasteiger partial charge in [0.25, 0.3) is 0 Å². The molecule has 0 radical (unpaired) electrons. The van der Waals surface area contributed by atoms with E-state index in [4.69, 9.17) is 4.89 Å². The quantitative estimate of drug-likeness (QED) is 0.584.